The largest absolute Gasteiger partial charge is 0.466 e. The van der Waals surface area contributed by atoms with Crippen molar-refractivity contribution in [1.82, 2.24) is 0 Å². The third-order valence-electron chi connectivity index (χ3n) is 2.02. The van der Waals surface area contributed by atoms with Gasteiger partial charge in [0, 0.05) is 11.0 Å². The lowest BCUT2D eigenvalue weighted by molar-refractivity contribution is -0.142. The fourth-order valence-electron chi connectivity index (χ4n) is 1.29. The number of nitrogens with two attached hydrogens (primary N) is 1. The van der Waals surface area contributed by atoms with E-state index in [0.29, 0.717) is 13.2 Å². The normalized spacial score (nSPS) is 10.1. The molecule has 0 heterocycles. The minimum atomic E-state index is -0.215. The maximum atomic E-state index is 11.3. The Kier molecular flexibility index (Phi) is 4.78. The van der Waals surface area contributed by atoms with Gasteiger partial charge in [0.1, 0.15) is 0 Å². The first-order valence-corrected chi connectivity index (χ1v) is 5.60. The van der Waals surface area contributed by atoms with Crippen molar-refractivity contribution in [2.75, 3.05) is 6.61 Å². The summed E-state index contributed by atoms with van der Waals surface area (Å²) in [4.78, 5) is 11.3. The van der Waals surface area contributed by atoms with Crippen LogP contribution in [-0.2, 0) is 22.5 Å². The van der Waals surface area contributed by atoms with Gasteiger partial charge in [-0.05, 0) is 18.1 Å². The van der Waals surface area contributed by atoms with Gasteiger partial charge >= 0.3 is 5.97 Å². The Labute approximate surface area is 97.7 Å². The van der Waals surface area contributed by atoms with E-state index < -0.39 is 0 Å². The van der Waals surface area contributed by atoms with Crippen LogP contribution in [0.25, 0.3) is 0 Å². The molecule has 0 aromatic heterocycles. The Balaban J connectivity index is 2.81. The summed E-state index contributed by atoms with van der Waals surface area (Å²) in [5, 5.41) is 0. The lowest BCUT2D eigenvalue weighted by Crippen LogP contribution is -2.09. The third-order valence-corrected chi connectivity index (χ3v) is 3.04. The van der Waals surface area contributed by atoms with Crippen molar-refractivity contribution in [2.45, 2.75) is 19.9 Å². The number of carbonyl (C=O) groups is 1. The van der Waals surface area contributed by atoms with E-state index >= 15 is 0 Å². The van der Waals surface area contributed by atoms with E-state index in [2.05, 4.69) is 15.9 Å². The second-order valence-corrected chi connectivity index (χ2v) is 3.87. The second kappa shape index (κ2) is 5.88. The van der Waals surface area contributed by atoms with Crippen molar-refractivity contribution in [3.8, 4) is 0 Å². The second-order valence-electron chi connectivity index (χ2n) is 3.08. The van der Waals surface area contributed by atoms with Gasteiger partial charge in [-0.2, -0.15) is 0 Å². The molecule has 0 atom stereocenters. The molecule has 2 N–H and O–H groups in total. The fourth-order valence-corrected chi connectivity index (χ4v) is 1.86. The Morgan fingerprint density at radius 2 is 2.13 bits per heavy atom. The Morgan fingerprint density at radius 3 is 2.73 bits per heavy atom. The molecule has 0 saturated carbocycles. The molecule has 1 aromatic carbocycles. The summed E-state index contributed by atoms with van der Waals surface area (Å²) in [6.07, 6.45) is 0.280. The average molecular weight is 272 g/mol. The molecule has 82 valence electrons. The van der Waals surface area contributed by atoms with Crippen molar-refractivity contribution in [3.63, 3.8) is 0 Å². The first-order valence-electron chi connectivity index (χ1n) is 4.81. The number of esters is 1. The number of benzene rings is 1. The fraction of sp³-hybridized carbons (Fsp3) is 0.364. The minimum Gasteiger partial charge on any atom is -0.466 e. The molecular formula is C11H14BrNO2. The van der Waals surface area contributed by atoms with Crippen LogP contribution in [0.4, 0.5) is 0 Å². The van der Waals surface area contributed by atoms with E-state index in [0.717, 1.165) is 15.6 Å². The van der Waals surface area contributed by atoms with Crippen LogP contribution in [0.5, 0.6) is 0 Å². The van der Waals surface area contributed by atoms with Crippen molar-refractivity contribution in [2.24, 2.45) is 5.73 Å². The average Bonchev–Trinajstić information content (AvgIpc) is 2.21. The van der Waals surface area contributed by atoms with Gasteiger partial charge < -0.3 is 10.5 Å². The number of carbonyl (C=O) groups excluding carboxylic acids is 1. The summed E-state index contributed by atoms with van der Waals surface area (Å²) < 4.78 is 5.79. The van der Waals surface area contributed by atoms with Gasteiger partial charge in [-0.3, -0.25) is 4.79 Å². The highest BCUT2D eigenvalue weighted by atomic mass is 79.9. The number of ether oxygens (including phenoxy) is 1. The molecule has 15 heavy (non-hydrogen) atoms. The van der Waals surface area contributed by atoms with Crippen LogP contribution in [-0.4, -0.2) is 12.6 Å². The zero-order valence-corrected chi connectivity index (χ0v) is 10.2. The molecule has 0 unspecified atom stereocenters. The molecule has 4 heteroatoms. The van der Waals surface area contributed by atoms with Gasteiger partial charge in [0.25, 0.3) is 0 Å². The maximum absolute atomic E-state index is 11.3. The zero-order valence-electron chi connectivity index (χ0n) is 8.63. The maximum Gasteiger partial charge on any atom is 0.310 e. The zero-order chi connectivity index (χ0) is 11.3. The van der Waals surface area contributed by atoms with Crippen molar-refractivity contribution >= 4 is 21.9 Å². The van der Waals surface area contributed by atoms with E-state index in [9.17, 15) is 4.79 Å². The summed E-state index contributed by atoms with van der Waals surface area (Å²) >= 11 is 3.43. The Bertz CT molecular complexity index is 352. The van der Waals surface area contributed by atoms with Crippen LogP contribution in [0, 0.1) is 0 Å². The molecule has 0 aliphatic carbocycles. The predicted octanol–water partition coefficient (Wildman–Crippen LogP) is 2.01. The van der Waals surface area contributed by atoms with Crippen LogP contribution in [0.1, 0.15) is 18.1 Å². The number of halogens is 1. The summed E-state index contributed by atoms with van der Waals surface area (Å²) in [6, 6.07) is 5.71. The third kappa shape index (κ3) is 3.32. The van der Waals surface area contributed by atoms with Gasteiger partial charge in [0.2, 0.25) is 0 Å². The van der Waals surface area contributed by atoms with E-state index in [4.69, 9.17) is 10.5 Å². The van der Waals surface area contributed by atoms with Gasteiger partial charge in [0.15, 0.2) is 0 Å². The van der Waals surface area contributed by atoms with E-state index in [1.54, 1.807) is 6.92 Å². The summed E-state index contributed by atoms with van der Waals surface area (Å²) in [7, 11) is 0. The highest BCUT2D eigenvalue weighted by molar-refractivity contribution is 9.10. The summed E-state index contributed by atoms with van der Waals surface area (Å²) in [5.41, 5.74) is 7.47. The molecule has 0 spiro atoms. The highest BCUT2D eigenvalue weighted by Gasteiger charge is 2.09. The lowest BCUT2D eigenvalue weighted by atomic mass is 10.1. The SMILES string of the molecule is CCOC(=O)Cc1cccc(CN)c1Br. The summed E-state index contributed by atoms with van der Waals surface area (Å²) in [5.74, 6) is -0.215. The summed E-state index contributed by atoms with van der Waals surface area (Å²) in [6.45, 7) is 2.66. The van der Waals surface area contributed by atoms with Crippen LogP contribution >= 0.6 is 15.9 Å². The van der Waals surface area contributed by atoms with E-state index in [1.165, 1.54) is 0 Å². The molecule has 0 radical (unpaired) electrons. The first-order chi connectivity index (χ1) is 7.19. The Morgan fingerprint density at radius 1 is 1.47 bits per heavy atom. The van der Waals surface area contributed by atoms with Crippen LogP contribution in [0.2, 0.25) is 0 Å². The monoisotopic (exact) mass is 271 g/mol. The molecule has 0 fully saturated rings. The molecule has 0 saturated heterocycles. The van der Waals surface area contributed by atoms with Crippen LogP contribution in [0.3, 0.4) is 0 Å². The predicted molar refractivity (Wildman–Crippen MR) is 62.4 cm³/mol. The van der Waals surface area contributed by atoms with Crippen LogP contribution < -0.4 is 5.73 Å². The number of hydrogen-bond donors (Lipinski definition) is 1. The van der Waals surface area contributed by atoms with Crippen molar-refractivity contribution < 1.29 is 9.53 Å². The molecule has 0 aliphatic heterocycles. The van der Waals surface area contributed by atoms with E-state index in [1.807, 2.05) is 18.2 Å². The topological polar surface area (TPSA) is 52.3 Å². The molecule has 0 amide bonds. The van der Waals surface area contributed by atoms with Gasteiger partial charge in [0.05, 0.1) is 13.0 Å². The standard InChI is InChI=1S/C11H14BrNO2/c1-2-15-10(14)6-8-4-3-5-9(7-13)11(8)12/h3-5H,2,6-7,13H2,1H3. The lowest BCUT2D eigenvalue weighted by Gasteiger charge is -2.07. The van der Waals surface area contributed by atoms with Gasteiger partial charge in [-0.15, -0.1) is 0 Å². The molecule has 0 bridgehead atoms. The van der Waals surface area contributed by atoms with Crippen molar-refractivity contribution in [3.05, 3.63) is 33.8 Å². The van der Waals surface area contributed by atoms with Gasteiger partial charge in [-0.1, -0.05) is 34.1 Å². The number of rotatable bonds is 4. The quantitative estimate of drug-likeness (QED) is 0.853. The first kappa shape index (κ1) is 12.2. The smallest absolute Gasteiger partial charge is 0.310 e. The number of hydrogen-bond acceptors (Lipinski definition) is 3. The van der Waals surface area contributed by atoms with Crippen LogP contribution in [0.15, 0.2) is 22.7 Å². The van der Waals surface area contributed by atoms with Gasteiger partial charge in [-0.25, -0.2) is 0 Å². The minimum absolute atomic E-state index is 0.215. The molecular weight excluding hydrogens is 258 g/mol. The molecule has 1 aromatic rings. The highest BCUT2D eigenvalue weighted by Crippen LogP contribution is 2.22. The molecule has 0 aliphatic rings. The molecule has 1 rings (SSSR count). The van der Waals surface area contributed by atoms with E-state index in [-0.39, 0.29) is 12.4 Å². The molecule has 3 nitrogen and oxygen atoms in total. The Hall–Kier alpha value is -0.870. The van der Waals surface area contributed by atoms with Crippen molar-refractivity contribution in [1.29, 1.82) is 0 Å².